The topological polar surface area (TPSA) is 57.5 Å². The van der Waals surface area contributed by atoms with Crippen LogP contribution >= 0.6 is 11.8 Å². The number of hydrogen-bond acceptors (Lipinski definition) is 3. The van der Waals surface area contributed by atoms with Gasteiger partial charge < -0.3 is 10.2 Å². The van der Waals surface area contributed by atoms with Crippen molar-refractivity contribution in [2.45, 2.75) is 55.9 Å². The summed E-state index contributed by atoms with van der Waals surface area (Å²) in [7, 11) is 0. The average molecular weight is 356 g/mol. The van der Waals surface area contributed by atoms with Gasteiger partial charge in [0.1, 0.15) is 5.41 Å². The van der Waals surface area contributed by atoms with E-state index in [9.17, 15) is 15.0 Å². The molecule has 1 aromatic carbocycles. The van der Waals surface area contributed by atoms with Gasteiger partial charge in [0, 0.05) is 11.3 Å². The fourth-order valence-corrected chi connectivity index (χ4v) is 5.29. The second kappa shape index (κ2) is 6.23. The minimum absolute atomic E-state index is 0.0601. The fourth-order valence-electron chi connectivity index (χ4n) is 3.80. The van der Waals surface area contributed by atoms with E-state index in [2.05, 4.69) is 37.8 Å². The molecule has 1 heterocycles. The summed E-state index contributed by atoms with van der Waals surface area (Å²) in [5.74, 6) is 5.60. The summed E-state index contributed by atoms with van der Waals surface area (Å²) in [5.41, 5.74) is -0.460. The van der Waals surface area contributed by atoms with Crippen LogP contribution in [0.25, 0.3) is 0 Å². The van der Waals surface area contributed by atoms with Gasteiger partial charge in [0.2, 0.25) is 0 Å². The van der Waals surface area contributed by atoms with Crippen LogP contribution in [0.15, 0.2) is 35.2 Å². The van der Waals surface area contributed by atoms with Gasteiger partial charge >= 0.3 is 5.97 Å². The molecule has 1 aromatic rings. The third kappa shape index (κ3) is 3.12. The predicted molar refractivity (Wildman–Crippen MR) is 101 cm³/mol. The van der Waals surface area contributed by atoms with Crippen molar-refractivity contribution in [1.82, 2.24) is 0 Å². The van der Waals surface area contributed by atoms with Crippen LogP contribution < -0.4 is 0 Å². The van der Waals surface area contributed by atoms with Crippen LogP contribution in [-0.2, 0) is 15.8 Å². The molecule has 2 aliphatic rings. The molecule has 0 amide bonds. The highest BCUT2D eigenvalue weighted by Crippen LogP contribution is 2.47. The molecule has 25 heavy (non-hydrogen) atoms. The molecule has 2 unspecified atom stereocenters. The molecular formula is C21H24O3S. The second-order valence-corrected chi connectivity index (χ2v) is 8.80. The van der Waals surface area contributed by atoms with Crippen LogP contribution in [0.4, 0.5) is 0 Å². The minimum Gasteiger partial charge on any atom is -0.480 e. The fraction of sp³-hybridized carbons (Fsp3) is 0.476. The van der Waals surface area contributed by atoms with Crippen molar-refractivity contribution in [3.63, 3.8) is 0 Å². The number of hydrogen-bond donors (Lipinski definition) is 2. The lowest BCUT2D eigenvalue weighted by molar-refractivity contribution is -0.147. The summed E-state index contributed by atoms with van der Waals surface area (Å²) in [6.07, 6.45) is 4.94. The van der Waals surface area contributed by atoms with Gasteiger partial charge in [0.25, 0.3) is 0 Å². The van der Waals surface area contributed by atoms with Gasteiger partial charge in [-0.05, 0) is 48.1 Å². The maximum absolute atomic E-state index is 11.9. The number of carboxylic acids is 1. The Morgan fingerprint density at radius 2 is 2.08 bits per heavy atom. The van der Waals surface area contributed by atoms with Gasteiger partial charge in [-0.1, -0.05) is 44.1 Å². The molecule has 1 aliphatic heterocycles. The van der Waals surface area contributed by atoms with Gasteiger partial charge in [-0.3, -0.25) is 4.79 Å². The minimum atomic E-state index is -1.33. The molecule has 0 bridgehead atoms. The van der Waals surface area contributed by atoms with Gasteiger partial charge in [-0.2, -0.15) is 0 Å². The van der Waals surface area contributed by atoms with E-state index in [-0.39, 0.29) is 11.8 Å². The first kappa shape index (κ1) is 18.1. The maximum Gasteiger partial charge on any atom is 0.325 e. The van der Waals surface area contributed by atoms with Crippen LogP contribution in [0, 0.1) is 17.3 Å². The third-order valence-electron chi connectivity index (χ3n) is 5.39. The van der Waals surface area contributed by atoms with Crippen molar-refractivity contribution >= 4 is 17.7 Å². The molecule has 4 heteroatoms. The molecule has 0 saturated carbocycles. The summed E-state index contributed by atoms with van der Waals surface area (Å²) < 4.78 is 0. The van der Waals surface area contributed by atoms with Crippen LogP contribution in [0.1, 0.15) is 51.2 Å². The highest BCUT2D eigenvalue weighted by molar-refractivity contribution is 7.99. The highest BCUT2D eigenvalue weighted by Gasteiger charge is 2.46. The largest absolute Gasteiger partial charge is 0.480 e. The molecule has 0 saturated heterocycles. The Bertz CT molecular complexity index is 799. The summed E-state index contributed by atoms with van der Waals surface area (Å²) in [6, 6.07) is 6.09. The lowest BCUT2D eigenvalue weighted by Crippen LogP contribution is -2.41. The number of fused-ring (bicyclic) bond motifs is 1. The lowest BCUT2D eigenvalue weighted by Gasteiger charge is -2.39. The Labute approximate surface area is 153 Å². The van der Waals surface area contributed by atoms with E-state index in [0.717, 1.165) is 17.7 Å². The zero-order valence-corrected chi connectivity index (χ0v) is 15.7. The van der Waals surface area contributed by atoms with Crippen LogP contribution in [0.5, 0.6) is 0 Å². The molecular weight excluding hydrogens is 332 g/mol. The molecule has 0 spiro atoms. The first-order valence-corrected chi connectivity index (χ1v) is 9.56. The summed E-state index contributed by atoms with van der Waals surface area (Å²) in [6.45, 7) is 6.08. The zero-order valence-electron chi connectivity index (χ0n) is 14.9. The normalized spacial score (nSPS) is 30.1. The molecule has 2 atom stereocenters. The number of thioether (sulfide) groups is 1. The summed E-state index contributed by atoms with van der Waals surface area (Å²) >= 11 is 1.85. The van der Waals surface area contributed by atoms with E-state index in [0.29, 0.717) is 6.42 Å². The first-order chi connectivity index (χ1) is 11.7. The number of carboxylic acid groups (broad SMARTS) is 1. The van der Waals surface area contributed by atoms with Gasteiger partial charge in [0.15, 0.2) is 0 Å². The number of aliphatic carboxylic acids is 1. The van der Waals surface area contributed by atoms with Crippen molar-refractivity contribution in [2.75, 3.05) is 5.75 Å². The SMILES string of the molecule is CC#CC1(C(=O)O)C=CCC(O)(c2ccc3c(c2)C(C)(C)CCS3)C1. The Kier molecular flexibility index (Phi) is 4.51. The van der Waals surface area contributed by atoms with Crippen LogP contribution in [0.3, 0.4) is 0 Å². The molecule has 0 aromatic heterocycles. The quantitative estimate of drug-likeness (QED) is 0.619. The Hall–Kier alpha value is -1.70. The van der Waals surface area contributed by atoms with Crippen molar-refractivity contribution in [1.29, 1.82) is 0 Å². The van der Waals surface area contributed by atoms with Gasteiger partial charge in [0.05, 0.1) is 5.60 Å². The molecule has 3 rings (SSSR count). The number of rotatable bonds is 2. The van der Waals surface area contributed by atoms with E-state index in [1.54, 1.807) is 19.1 Å². The molecule has 3 nitrogen and oxygen atoms in total. The summed E-state index contributed by atoms with van der Waals surface area (Å²) in [5, 5.41) is 21.0. The maximum atomic E-state index is 11.9. The van der Waals surface area contributed by atoms with Gasteiger partial charge in [-0.15, -0.1) is 17.7 Å². The number of aliphatic hydroxyl groups is 1. The van der Waals surface area contributed by atoms with E-state index in [1.165, 1.54) is 10.5 Å². The summed E-state index contributed by atoms with van der Waals surface area (Å²) in [4.78, 5) is 13.1. The predicted octanol–water partition coefficient (Wildman–Crippen LogP) is 4.09. The second-order valence-electron chi connectivity index (χ2n) is 7.66. The van der Waals surface area contributed by atoms with Crippen molar-refractivity contribution in [3.05, 3.63) is 41.5 Å². The van der Waals surface area contributed by atoms with E-state index in [4.69, 9.17) is 0 Å². The van der Waals surface area contributed by atoms with Crippen molar-refractivity contribution in [3.8, 4) is 11.8 Å². The molecule has 0 fully saturated rings. The van der Waals surface area contributed by atoms with E-state index >= 15 is 0 Å². The average Bonchev–Trinajstić information content (AvgIpc) is 2.54. The van der Waals surface area contributed by atoms with Gasteiger partial charge in [-0.25, -0.2) is 0 Å². The molecule has 2 N–H and O–H groups in total. The van der Waals surface area contributed by atoms with Crippen LogP contribution in [-0.4, -0.2) is 21.9 Å². The molecule has 0 radical (unpaired) electrons. The Morgan fingerprint density at radius 1 is 1.32 bits per heavy atom. The Balaban J connectivity index is 2.05. The standard InChI is InChI=1S/C21H24O3S/c1-4-8-20(18(22)23)9-5-10-21(24,14-20)15-6-7-17-16(13-15)19(2,3)11-12-25-17/h5-7,9,13,24H,10-12,14H2,1-3H3,(H,22,23). The van der Waals surface area contributed by atoms with Crippen molar-refractivity contribution in [2.24, 2.45) is 5.41 Å². The van der Waals surface area contributed by atoms with E-state index < -0.39 is 17.0 Å². The van der Waals surface area contributed by atoms with Crippen LogP contribution in [0.2, 0.25) is 0 Å². The third-order valence-corrected chi connectivity index (χ3v) is 6.46. The number of carbonyl (C=O) groups is 1. The molecule has 132 valence electrons. The monoisotopic (exact) mass is 356 g/mol. The highest BCUT2D eigenvalue weighted by atomic mass is 32.2. The zero-order chi connectivity index (χ0) is 18.3. The van der Waals surface area contributed by atoms with Crippen molar-refractivity contribution < 1.29 is 15.0 Å². The van der Waals surface area contributed by atoms with E-state index in [1.807, 2.05) is 17.8 Å². The first-order valence-electron chi connectivity index (χ1n) is 8.58. The molecule has 1 aliphatic carbocycles. The number of benzene rings is 1. The lowest BCUT2D eigenvalue weighted by atomic mass is 9.68. The Morgan fingerprint density at radius 3 is 2.76 bits per heavy atom. The smallest absolute Gasteiger partial charge is 0.325 e.